The highest BCUT2D eigenvalue weighted by Gasteiger charge is 2.07. The Balaban J connectivity index is 2.30. The second-order valence-corrected chi connectivity index (χ2v) is 4.69. The third-order valence-corrected chi connectivity index (χ3v) is 3.22. The van der Waals surface area contributed by atoms with Gasteiger partial charge >= 0.3 is 0 Å². The minimum absolute atomic E-state index is 0.117. The molecule has 2 aromatic rings. The highest BCUT2D eigenvalue weighted by Crippen LogP contribution is 2.29. The molecular formula is C13H8BrClF2O. The average molecular weight is 334 g/mol. The summed E-state index contributed by atoms with van der Waals surface area (Å²) in [4.78, 5) is 0. The fourth-order valence-electron chi connectivity index (χ4n) is 1.42. The first-order valence-corrected chi connectivity index (χ1v) is 6.40. The van der Waals surface area contributed by atoms with Crippen LogP contribution in [0, 0.1) is 11.6 Å². The molecule has 0 aliphatic heterocycles. The van der Waals surface area contributed by atoms with Gasteiger partial charge in [0.15, 0.2) is 0 Å². The first-order chi connectivity index (χ1) is 8.60. The highest BCUT2D eigenvalue weighted by molar-refractivity contribution is 9.10. The fraction of sp³-hybridized carbons (Fsp3) is 0.0769. The minimum atomic E-state index is -0.429. The van der Waals surface area contributed by atoms with Gasteiger partial charge in [-0.05, 0) is 46.3 Å². The number of hydrogen-bond donors (Lipinski definition) is 0. The van der Waals surface area contributed by atoms with Gasteiger partial charge < -0.3 is 4.74 Å². The molecule has 0 aliphatic rings. The van der Waals surface area contributed by atoms with E-state index in [1.54, 1.807) is 6.07 Å². The van der Waals surface area contributed by atoms with Crippen LogP contribution in [0.4, 0.5) is 8.78 Å². The quantitative estimate of drug-likeness (QED) is 0.696. The van der Waals surface area contributed by atoms with Crippen LogP contribution in [0.3, 0.4) is 0 Å². The van der Waals surface area contributed by atoms with E-state index in [9.17, 15) is 8.78 Å². The number of rotatable bonds is 3. The summed E-state index contributed by atoms with van der Waals surface area (Å²) in [6.07, 6.45) is 0. The second kappa shape index (κ2) is 5.67. The Hall–Kier alpha value is -1.13. The van der Waals surface area contributed by atoms with E-state index >= 15 is 0 Å². The normalized spacial score (nSPS) is 10.4. The summed E-state index contributed by atoms with van der Waals surface area (Å²) < 4.78 is 32.2. The van der Waals surface area contributed by atoms with Crippen molar-refractivity contribution in [3.63, 3.8) is 0 Å². The Morgan fingerprint density at radius 3 is 2.56 bits per heavy atom. The zero-order chi connectivity index (χ0) is 13.1. The molecule has 0 fully saturated rings. The molecule has 0 radical (unpaired) electrons. The highest BCUT2D eigenvalue weighted by atomic mass is 79.9. The molecule has 0 unspecified atom stereocenters. The molecule has 0 aliphatic carbocycles. The number of halogens is 4. The van der Waals surface area contributed by atoms with Crippen LogP contribution in [0.25, 0.3) is 0 Å². The summed E-state index contributed by atoms with van der Waals surface area (Å²) in [6.45, 7) is 0. The molecule has 0 N–H and O–H groups in total. The van der Waals surface area contributed by atoms with Gasteiger partial charge in [-0.3, -0.25) is 0 Å². The number of hydrogen-bond acceptors (Lipinski definition) is 1. The van der Waals surface area contributed by atoms with Crippen LogP contribution in [0.1, 0.15) is 5.56 Å². The third-order valence-electron chi connectivity index (χ3n) is 2.29. The van der Waals surface area contributed by atoms with Crippen molar-refractivity contribution >= 4 is 27.5 Å². The Morgan fingerprint density at radius 1 is 1.11 bits per heavy atom. The third kappa shape index (κ3) is 3.00. The van der Waals surface area contributed by atoms with Gasteiger partial charge in [-0.15, -0.1) is 11.6 Å². The summed E-state index contributed by atoms with van der Waals surface area (Å²) in [6, 6.07) is 8.40. The van der Waals surface area contributed by atoms with Gasteiger partial charge in [0.05, 0.1) is 10.4 Å². The van der Waals surface area contributed by atoms with E-state index in [2.05, 4.69) is 15.9 Å². The van der Waals surface area contributed by atoms with Gasteiger partial charge in [0.25, 0.3) is 0 Å². The number of benzene rings is 2. The Bertz CT molecular complexity index is 575. The second-order valence-electron chi connectivity index (χ2n) is 3.56. The molecule has 18 heavy (non-hydrogen) atoms. The first kappa shape index (κ1) is 13.3. The summed E-state index contributed by atoms with van der Waals surface area (Å²) in [5.41, 5.74) is 0.514. The smallest absolute Gasteiger partial charge is 0.141 e. The van der Waals surface area contributed by atoms with Crippen LogP contribution in [-0.4, -0.2) is 0 Å². The first-order valence-electron chi connectivity index (χ1n) is 5.07. The molecule has 0 spiro atoms. The largest absolute Gasteiger partial charge is 0.457 e. The van der Waals surface area contributed by atoms with Crippen LogP contribution < -0.4 is 4.74 Å². The maximum atomic E-state index is 13.3. The molecule has 1 nitrogen and oxygen atoms in total. The van der Waals surface area contributed by atoms with E-state index in [0.717, 1.165) is 0 Å². The molecular weight excluding hydrogens is 325 g/mol. The molecule has 94 valence electrons. The van der Waals surface area contributed by atoms with Crippen molar-refractivity contribution < 1.29 is 13.5 Å². The maximum Gasteiger partial charge on any atom is 0.141 e. The van der Waals surface area contributed by atoms with Gasteiger partial charge in [-0.2, -0.15) is 0 Å². The van der Waals surface area contributed by atoms with E-state index in [-0.39, 0.29) is 11.7 Å². The Kier molecular flexibility index (Phi) is 4.19. The van der Waals surface area contributed by atoms with Crippen LogP contribution in [-0.2, 0) is 5.88 Å². The summed E-state index contributed by atoms with van der Waals surface area (Å²) in [7, 11) is 0. The van der Waals surface area contributed by atoms with Crippen LogP contribution in [0.2, 0.25) is 0 Å². The zero-order valence-corrected chi connectivity index (χ0v) is 11.4. The van der Waals surface area contributed by atoms with Crippen molar-refractivity contribution in [2.45, 2.75) is 5.88 Å². The summed E-state index contributed by atoms with van der Waals surface area (Å²) in [5.74, 6) is 0.0374. The topological polar surface area (TPSA) is 9.23 Å². The van der Waals surface area contributed by atoms with Crippen molar-refractivity contribution in [2.24, 2.45) is 0 Å². The Labute approximate surface area is 116 Å². The predicted molar refractivity (Wildman–Crippen MR) is 70.1 cm³/mol. The summed E-state index contributed by atoms with van der Waals surface area (Å²) >= 11 is 8.75. The standard InChI is InChI=1S/C13H8BrClF2O/c14-11-3-2-10(6-12(11)17)18-13-4-1-9(16)5-8(13)7-15/h1-6H,7H2. The van der Waals surface area contributed by atoms with Gasteiger partial charge in [0, 0.05) is 11.6 Å². The lowest BCUT2D eigenvalue weighted by molar-refractivity contribution is 0.470. The monoisotopic (exact) mass is 332 g/mol. The van der Waals surface area contributed by atoms with Gasteiger partial charge in [-0.25, -0.2) is 8.78 Å². The molecule has 5 heteroatoms. The van der Waals surface area contributed by atoms with Crippen molar-refractivity contribution in [1.29, 1.82) is 0 Å². The van der Waals surface area contributed by atoms with E-state index in [0.29, 0.717) is 21.5 Å². The zero-order valence-electron chi connectivity index (χ0n) is 9.09. The Morgan fingerprint density at radius 2 is 1.89 bits per heavy atom. The lowest BCUT2D eigenvalue weighted by atomic mass is 10.2. The van der Waals surface area contributed by atoms with Crippen molar-refractivity contribution in [3.05, 3.63) is 58.1 Å². The van der Waals surface area contributed by atoms with Crippen LogP contribution >= 0.6 is 27.5 Å². The molecule has 0 saturated heterocycles. The molecule has 2 aromatic carbocycles. The fourth-order valence-corrected chi connectivity index (χ4v) is 1.87. The number of alkyl halides is 1. The number of ether oxygens (including phenoxy) is 1. The molecule has 2 rings (SSSR count). The average Bonchev–Trinajstić information content (AvgIpc) is 2.36. The van der Waals surface area contributed by atoms with E-state index < -0.39 is 5.82 Å². The van der Waals surface area contributed by atoms with Crippen molar-refractivity contribution in [2.75, 3.05) is 0 Å². The van der Waals surface area contributed by atoms with Crippen molar-refractivity contribution in [1.82, 2.24) is 0 Å². The molecule has 0 atom stereocenters. The minimum Gasteiger partial charge on any atom is -0.457 e. The molecule has 0 saturated carbocycles. The maximum absolute atomic E-state index is 13.3. The van der Waals surface area contributed by atoms with Gasteiger partial charge in [-0.1, -0.05) is 0 Å². The van der Waals surface area contributed by atoms with E-state index in [1.165, 1.54) is 30.3 Å². The van der Waals surface area contributed by atoms with Gasteiger partial charge in [0.2, 0.25) is 0 Å². The predicted octanol–water partition coefficient (Wildman–Crippen LogP) is 5.26. The molecule has 0 aromatic heterocycles. The SMILES string of the molecule is Fc1ccc(Oc2ccc(Br)c(F)c2)c(CCl)c1. The lowest BCUT2D eigenvalue weighted by Gasteiger charge is -2.10. The van der Waals surface area contributed by atoms with E-state index in [4.69, 9.17) is 16.3 Å². The molecule has 0 amide bonds. The van der Waals surface area contributed by atoms with Crippen LogP contribution in [0.15, 0.2) is 40.9 Å². The van der Waals surface area contributed by atoms with Crippen molar-refractivity contribution in [3.8, 4) is 11.5 Å². The lowest BCUT2D eigenvalue weighted by Crippen LogP contribution is -1.91. The van der Waals surface area contributed by atoms with Crippen LogP contribution in [0.5, 0.6) is 11.5 Å². The van der Waals surface area contributed by atoms with Gasteiger partial charge in [0.1, 0.15) is 23.1 Å². The summed E-state index contributed by atoms with van der Waals surface area (Å²) in [5, 5.41) is 0. The molecule has 0 bridgehead atoms. The van der Waals surface area contributed by atoms with E-state index in [1.807, 2.05) is 0 Å². The molecule has 0 heterocycles.